The number of ether oxygens (including phenoxy) is 3. The second-order valence-electron chi connectivity index (χ2n) is 9.01. The van der Waals surface area contributed by atoms with Crippen LogP contribution in [-0.2, 0) is 30.5 Å². The Labute approximate surface area is 208 Å². The molecule has 2 aromatic rings. The summed E-state index contributed by atoms with van der Waals surface area (Å²) < 4.78 is 30.0. The van der Waals surface area contributed by atoms with E-state index in [9.17, 15) is 18.8 Å². The van der Waals surface area contributed by atoms with Crippen molar-refractivity contribution in [3.8, 4) is 5.75 Å². The molecule has 1 aliphatic heterocycles. The minimum atomic E-state index is -1.01. The summed E-state index contributed by atoms with van der Waals surface area (Å²) >= 11 is 0. The largest absolute Gasteiger partial charge is 0.497 e. The van der Waals surface area contributed by atoms with Crippen LogP contribution in [0.15, 0.2) is 71.1 Å². The Kier molecular flexibility index (Phi) is 7.24. The van der Waals surface area contributed by atoms with Gasteiger partial charge in [-0.2, -0.15) is 0 Å². The van der Waals surface area contributed by atoms with Gasteiger partial charge in [0.15, 0.2) is 5.78 Å². The van der Waals surface area contributed by atoms with E-state index in [-0.39, 0.29) is 23.7 Å². The van der Waals surface area contributed by atoms with Crippen LogP contribution in [0.2, 0.25) is 0 Å². The Bertz CT molecular complexity index is 1260. The number of benzene rings is 2. The van der Waals surface area contributed by atoms with Gasteiger partial charge in [-0.05, 0) is 54.7 Å². The number of hydrogen-bond acceptors (Lipinski definition) is 7. The highest BCUT2D eigenvalue weighted by Gasteiger charge is 2.47. The molecule has 2 aromatic carbocycles. The van der Waals surface area contributed by atoms with Gasteiger partial charge in [-0.1, -0.05) is 31.2 Å². The lowest BCUT2D eigenvalue weighted by molar-refractivity contribution is -0.151. The first-order valence-corrected chi connectivity index (χ1v) is 11.6. The molecule has 2 aliphatic rings. The maximum absolute atomic E-state index is 14.3. The van der Waals surface area contributed by atoms with Crippen LogP contribution in [-0.4, -0.2) is 31.9 Å². The SMILES string of the molecule is COC(=O)[C@@H]1C(=O)C2=C(C[C@@H]1C)NC(C)=C(C(=O)OCc1ccc(OC)cc1)[C@H]2c1cccc(F)c1. The molecule has 0 bridgehead atoms. The highest BCUT2D eigenvalue weighted by atomic mass is 19.1. The van der Waals surface area contributed by atoms with E-state index in [1.165, 1.54) is 25.3 Å². The predicted molar refractivity (Wildman–Crippen MR) is 129 cm³/mol. The van der Waals surface area contributed by atoms with E-state index in [1.807, 2.05) is 0 Å². The molecule has 0 saturated heterocycles. The number of rotatable bonds is 6. The highest BCUT2D eigenvalue weighted by Crippen LogP contribution is 2.45. The molecular weight excluding hydrogens is 465 g/mol. The first kappa shape index (κ1) is 25.2. The van der Waals surface area contributed by atoms with Gasteiger partial charge in [-0.25, -0.2) is 9.18 Å². The second kappa shape index (κ2) is 10.4. The molecule has 1 N–H and O–H groups in total. The molecule has 1 heterocycles. The van der Waals surface area contributed by atoms with Crippen molar-refractivity contribution in [1.82, 2.24) is 5.32 Å². The summed E-state index contributed by atoms with van der Waals surface area (Å²) in [7, 11) is 2.80. The van der Waals surface area contributed by atoms with Crippen molar-refractivity contribution in [2.75, 3.05) is 14.2 Å². The zero-order valence-electron chi connectivity index (χ0n) is 20.6. The summed E-state index contributed by atoms with van der Waals surface area (Å²) in [5, 5.41) is 3.19. The fourth-order valence-electron chi connectivity index (χ4n) is 4.92. The van der Waals surface area contributed by atoms with Crippen LogP contribution in [0.25, 0.3) is 0 Å². The van der Waals surface area contributed by atoms with Gasteiger partial charge >= 0.3 is 11.9 Å². The van der Waals surface area contributed by atoms with E-state index in [1.54, 1.807) is 51.3 Å². The Morgan fingerprint density at radius 1 is 1.11 bits per heavy atom. The van der Waals surface area contributed by atoms with E-state index in [0.717, 1.165) is 5.56 Å². The third-order valence-corrected chi connectivity index (χ3v) is 6.67. The van der Waals surface area contributed by atoms with Crippen molar-refractivity contribution in [3.05, 3.63) is 88.0 Å². The number of esters is 2. The van der Waals surface area contributed by atoms with E-state index in [2.05, 4.69) is 5.32 Å². The van der Waals surface area contributed by atoms with Gasteiger partial charge in [0.25, 0.3) is 0 Å². The number of halogens is 1. The summed E-state index contributed by atoms with van der Waals surface area (Å²) in [5.74, 6) is -3.75. The van der Waals surface area contributed by atoms with E-state index in [4.69, 9.17) is 14.2 Å². The van der Waals surface area contributed by atoms with Gasteiger partial charge in [-0.15, -0.1) is 0 Å². The molecule has 4 rings (SSSR count). The van der Waals surface area contributed by atoms with Gasteiger partial charge in [0, 0.05) is 22.9 Å². The number of carbonyl (C=O) groups is 3. The molecule has 8 heteroatoms. The number of methoxy groups -OCH3 is 2. The van der Waals surface area contributed by atoms with Crippen molar-refractivity contribution < 1.29 is 33.0 Å². The van der Waals surface area contributed by atoms with Gasteiger partial charge in [0.1, 0.15) is 24.1 Å². The lowest BCUT2D eigenvalue weighted by atomic mass is 9.69. The third-order valence-electron chi connectivity index (χ3n) is 6.67. The van der Waals surface area contributed by atoms with Crippen molar-refractivity contribution in [2.24, 2.45) is 11.8 Å². The Morgan fingerprint density at radius 3 is 2.47 bits per heavy atom. The smallest absolute Gasteiger partial charge is 0.337 e. The Balaban J connectivity index is 1.72. The van der Waals surface area contributed by atoms with Gasteiger partial charge in [0.05, 0.1) is 19.8 Å². The van der Waals surface area contributed by atoms with Gasteiger partial charge in [0.2, 0.25) is 0 Å². The van der Waals surface area contributed by atoms with Crippen molar-refractivity contribution in [2.45, 2.75) is 32.8 Å². The quantitative estimate of drug-likeness (QED) is 0.477. The number of Topliss-reactive ketones (excluding diaryl/α,β-unsaturated/α-hetero) is 1. The molecule has 0 saturated carbocycles. The summed E-state index contributed by atoms with van der Waals surface area (Å²) in [6.45, 7) is 3.53. The number of ketones is 1. The molecule has 7 nitrogen and oxygen atoms in total. The minimum Gasteiger partial charge on any atom is -0.497 e. The molecule has 0 radical (unpaired) electrons. The standard InChI is InChI=1S/C28H28FNO6/c1-15-12-21-25(26(31)22(15)27(32)35-4)24(18-6-5-7-19(29)13-18)23(16(2)30-21)28(33)36-14-17-8-10-20(34-3)11-9-17/h5-11,13,15,22,24,30H,12,14H2,1-4H3/t15-,22-,24+/m0/s1. The molecule has 0 spiro atoms. The van der Waals surface area contributed by atoms with Crippen molar-refractivity contribution in [1.29, 1.82) is 0 Å². The normalized spacial score (nSPS) is 21.5. The van der Waals surface area contributed by atoms with E-state index < -0.39 is 35.4 Å². The second-order valence-corrected chi connectivity index (χ2v) is 9.01. The van der Waals surface area contributed by atoms with Gasteiger partial charge in [-0.3, -0.25) is 9.59 Å². The summed E-state index contributed by atoms with van der Waals surface area (Å²) in [4.78, 5) is 39.6. The molecular formula is C28H28FNO6. The van der Waals surface area contributed by atoms with Crippen LogP contribution in [0.4, 0.5) is 4.39 Å². The highest BCUT2D eigenvalue weighted by molar-refractivity contribution is 6.12. The summed E-state index contributed by atoms with van der Waals surface area (Å²) in [6, 6.07) is 12.9. The fraction of sp³-hybridized carbons (Fsp3) is 0.321. The number of dihydropyridines is 1. The molecule has 0 unspecified atom stereocenters. The number of nitrogens with one attached hydrogen (secondary N) is 1. The average Bonchev–Trinajstić information content (AvgIpc) is 2.86. The van der Waals surface area contributed by atoms with Crippen LogP contribution in [0.3, 0.4) is 0 Å². The maximum Gasteiger partial charge on any atom is 0.337 e. The first-order valence-electron chi connectivity index (χ1n) is 11.6. The van der Waals surface area contributed by atoms with Crippen LogP contribution in [0.1, 0.15) is 37.3 Å². The lowest BCUT2D eigenvalue weighted by Gasteiger charge is -2.38. The molecule has 188 valence electrons. The lowest BCUT2D eigenvalue weighted by Crippen LogP contribution is -2.43. The molecule has 1 aliphatic carbocycles. The van der Waals surface area contributed by atoms with E-state index in [0.29, 0.717) is 29.1 Å². The molecule has 0 fully saturated rings. The number of carbonyl (C=O) groups excluding carboxylic acids is 3. The molecule has 3 atom stereocenters. The van der Waals surface area contributed by atoms with Gasteiger partial charge < -0.3 is 19.5 Å². The zero-order valence-corrected chi connectivity index (χ0v) is 20.6. The monoisotopic (exact) mass is 493 g/mol. The minimum absolute atomic E-state index is 0.00283. The maximum atomic E-state index is 14.3. The summed E-state index contributed by atoms with van der Waals surface area (Å²) in [6.07, 6.45) is 0.401. The first-order chi connectivity index (χ1) is 17.2. The molecule has 36 heavy (non-hydrogen) atoms. The van der Waals surface area contributed by atoms with Crippen LogP contribution in [0.5, 0.6) is 5.75 Å². The van der Waals surface area contributed by atoms with E-state index >= 15 is 0 Å². The predicted octanol–water partition coefficient (Wildman–Crippen LogP) is 4.19. The molecule has 0 amide bonds. The van der Waals surface area contributed by atoms with Crippen LogP contribution in [0, 0.1) is 17.7 Å². The van der Waals surface area contributed by atoms with Crippen LogP contribution < -0.4 is 10.1 Å². The molecule has 0 aromatic heterocycles. The Morgan fingerprint density at radius 2 is 1.83 bits per heavy atom. The average molecular weight is 494 g/mol. The van der Waals surface area contributed by atoms with Crippen LogP contribution >= 0.6 is 0 Å². The topological polar surface area (TPSA) is 90.9 Å². The third kappa shape index (κ3) is 4.76. The Hall–Kier alpha value is -3.94. The fourth-order valence-corrected chi connectivity index (χ4v) is 4.92. The number of allylic oxidation sites excluding steroid dienone is 3. The van der Waals surface area contributed by atoms with Crippen molar-refractivity contribution in [3.63, 3.8) is 0 Å². The zero-order chi connectivity index (χ0) is 26.0. The number of hydrogen-bond donors (Lipinski definition) is 1. The van der Waals surface area contributed by atoms with Crippen molar-refractivity contribution >= 4 is 17.7 Å². The summed E-state index contributed by atoms with van der Waals surface area (Å²) in [5.41, 5.74) is 2.76.